The van der Waals surface area contributed by atoms with Crippen LogP contribution in [0.2, 0.25) is 0 Å². The fraction of sp³-hybridized carbons (Fsp3) is 0.714. The van der Waals surface area contributed by atoms with E-state index in [0.717, 1.165) is 25.1 Å². The third-order valence-electron chi connectivity index (χ3n) is 4.42. The molecule has 0 spiro atoms. The molecule has 0 aliphatic heterocycles. The molecule has 2 unspecified atom stereocenters. The Bertz CT molecular complexity index is 540. The van der Waals surface area contributed by atoms with E-state index in [4.69, 9.17) is 5.73 Å². The Hall–Kier alpha value is -0.880. The van der Waals surface area contributed by atoms with Gasteiger partial charge in [0.15, 0.2) is 0 Å². The molecule has 0 bridgehead atoms. The molecule has 1 aromatic heterocycles. The molecule has 3 N–H and O–H groups in total. The van der Waals surface area contributed by atoms with Crippen LogP contribution in [0.4, 0.5) is 5.69 Å². The second-order valence-electron chi connectivity index (χ2n) is 5.98. The predicted octanol–water partition coefficient (Wildman–Crippen LogP) is 1.96. The summed E-state index contributed by atoms with van der Waals surface area (Å²) in [7, 11) is 0. The molecule has 110 valence electrons. The van der Waals surface area contributed by atoms with E-state index in [-0.39, 0.29) is 5.56 Å². The highest BCUT2D eigenvalue weighted by Crippen LogP contribution is 2.31. The van der Waals surface area contributed by atoms with E-state index in [1.54, 1.807) is 10.9 Å². The van der Waals surface area contributed by atoms with Gasteiger partial charge in [0.1, 0.15) is 4.47 Å². The summed E-state index contributed by atoms with van der Waals surface area (Å²) in [6.07, 6.45) is 7.67. The molecular formula is C14H21BrN4O. The van der Waals surface area contributed by atoms with Crippen molar-refractivity contribution in [3.63, 3.8) is 0 Å². The minimum atomic E-state index is -0.0378. The van der Waals surface area contributed by atoms with Crippen LogP contribution in [0.3, 0.4) is 0 Å². The molecule has 0 radical (unpaired) electrons. The first kappa shape index (κ1) is 14.1. The van der Waals surface area contributed by atoms with Crippen LogP contribution in [0.5, 0.6) is 0 Å². The third-order valence-corrected chi connectivity index (χ3v) is 5.18. The largest absolute Gasteiger partial charge is 0.380 e. The lowest BCUT2D eigenvalue weighted by molar-refractivity contribution is 0.512. The smallest absolute Gasteiger partial charge is 0.283 e. The van der Waals surface area contributed by atoms with Gasteiger partial charge >= 0.3 is 0 Å². The maximum Gasteiger partial charge on any atom is 0.283 e. The highest BCUT2D eigenvalue weighted by molar-refractivity contribution is 9.10. The molecule has 0 aromatic carbocycles. The highest BCUT2D eigenvalue weighted by Gasteiger charge is 2.27. The number of nitrogens with one attached hydrogen (secondary N) is 1. The van der Waals surface area contributed by atoms with Gasteiger partial charge in [0.25, 0.3) is 5.56 Å². The number of aromatic nitrogens is 2. The standard InChI is InChI=1S/C14H21BrN4O/c15-13-12(18-11-3-1-2-10(11)6-16)7-17-19(14(13)20)8-9-4-5-9/h7,9-11,18H,1-6,8,16H2. The first-order valence-corrected chi connectivity index (χ1v) is 8.20. The lowest BCUT2D eigenvalue weighted by Gasteiger charge is -2.21. The van der Waals surface area contributed by atoms with Gasteiger partial charge in [-0.25, -0.2) is 4.68 Å². The van der Waals surface area contributed by atoms with Crippen molar-refractivity contribution in [1.82, 2.24) is 9.78 Å². The molecule has 2 atom stereocenters. The highest BCUT2D eigenvalue weighted by atomic mass is 79.9. The second kappa shape index (κ2) is 5.85. The summed E-state index contributed by atoms with van der Waals surface area (Å²) >= 11 is 3.42. The average Bonchev–Trinajstić information content (AvgIpc) is 3.15. The van der Waals surface area contributed by atoms with E-state index in [1.807, 2.05) is 0 Å². The van der Waals surface area contributed by atoms with Crippen LogP contribution in [0.1, 0.15) is 32.1 Å². The zero-order valence-corrected chi connectivity index (χ0v) is 13.1. The van der Waals surface area contributed by atoms with Gasteiger partial charge in [-0.3, -0.25) is 4.79 Å². The minimum absolute atomic E-state index is 0.0378. The van der Waals surface area contributed by atoms with Crippen LogP contribution in [0, 0.1) is 11.8 Å². The molecule has 2 aliphatic rings. The summed E-state index contributed by atoms with van der Waals surface area (Å²) in [4.78, 5) is 12.3. The van der Waals surface area contributed by atoms with Crippen LogP contribution in [-0.2, 0) is 6.54 Å². The lowest BCUT2D eigenvalue weighted by Crippen LogP contribution is -2.31. The SMILES string of the molecule is NCC1CCCC1Nc1cnn(CC2CC2)c(=O)c1Br. The zero-order chi connectivity index (χ0) is 14.1. The zero-order valence-electron chi connectivity index (χ0n) is 11.5. The Morgan fingerprint density at radius 1 is 1.40 bits per heavy atom. The van der Waals surface area contributed by atoms with Crippen molar-refractivity contribution in [1.29, 1.82) is 0 Å². The molecule has 2 fully saturated rings. The first-order chi connectivity index (χ1) is 9.69. The molecule has 1 aromatic rings. The Kier molecular flexibility index (Phi) is 4.12. The van der Waals surface area contributed by atoms with E-state index in [2.05, 4.69) is 26.3 Å². The number of rotatable bonds is 5. The van der Waals surface area contributed by atoms with Crippen molar-refractivity contribution >= 4 is 21.6 Å². The third kappa shape index (κ3) is 2.91. The Balaban J connectivity index is 1.76. The van der Waals surface area contributed by atoms with Crippen molar-refractivity contribution in [2.45, 2.75) is 44.7 Å². The molecule has 2 aliphatic carbocycles. The van der Waals surface area contributed by atoms with Gasteiger partial charge in [-0.1, -0.05) is 6.42 Å². The molecule has 1 heterocycles. The monoisotopic (exact) mass is 340 g/mol. The van der Waals surface area contributed by atoms with Crippen LogP contribution < -0.4 is 16.6 Å². The number of anilines is 1. The van der Waals surface area contributed by atoms with Crippen molar-refractivity contribution in [3.8, 4) is 0 Å². The molecular weight excluding hydrogens is 320 g/mol. The van der Waals surface area contributed by atoms with E-state index >= 15 is 0 Å². The maximum absolute atomic E-state index is 12.3. The molecule has 20 heavy (non-hydrogen) atoms. The number of halogens is 1. The van der Waals surface area contributed by atoms with Crippen molar-refractivity contribution < 1.29 is 0 Å². The number of nitrogens with two attached hydrogens (primary N) is 1. The summed E-state index contributed by atoms with van der Waals surface area (Å²) in [6.45, 7) is 1.44. The second-order valence-corrected chi connectivity index (χ2v) is 6.77. The summed E-state index contributed by atoms with van der Waals surface area (Å²) in [5, 5.41) is 7.74. The number of nitrogens with zero attached hydrogens (tertiary/aromatic N) is 2. The fourth-order valence-corrected chi connectivity index (χ4v) is 3.37. The Labute approximate surface area is 127 Å². The quantitative estimate of drug-likeness (QED) is 0.859. The van der Waals surface area contributed by atoms with Gasteiger partial charge in [-0.2, -0.15) is 5.10 Å². The fourth-order valence-electron chi connectivity index (χ4n) is 2.95. The van der Waals surface area contributed by atoms with Crippen molar-refractivity contribution in [2.75, 3.05) is 11.9 Å². The van der Waals surface area contributed by atoms with E-state index in [9.17, 15) is 4.79 Å². The molecule has 0 saturated heterocycles. The van der Waals surface area contributed by atoms with Gasteiger partial charge in [-0.15, -0.1) is 0 Å². The van der Waals surface area contributed by atoms with Gasteiger partial charge in [0.05, 0.1) is 11.9 Å². The van der Waals surface area contributed by atoms with E-state index in [1.165, 1.54) is 19.3 Å². The van der Waals surface area contributed by atoms with Crippen LogP contribution in [0.15, 0.2) is 15.5 Å². The van der Waals surface area contributed by atoms with E-state index in [0.29, 0.717) is 28.9 Å². The predicted molar refractivity (Wildman–Crippen MR) is 82.7 cm³/mol. The van der Waals surface area contributed by atoms with Gasteiger partial charge in [0.2, 0.25) is 0 Å². The summed E-state index contributed by atoms with van der Waals surface area (Å²) in [5.41, 5.74) is 6.56. The van der Waals surface area contributed by atoms with Gasteiger partial charge < -0.3 is 11.1 Å². The lowest BCUT2D eigenvalue weighted by atomic mass is 10.0. The van der Waals surface area contributed by atoms with Crippen molar-refractivity contribution in [3.05, 3.63) is 21.0 Å². The van der Waals surface area contributed by atoms with Gasteiger partial charge in [-0.05, 0) is 60.0 Å². The average molecular weight is 341 g/mol. The molecule has 6 heteroatoms. The number of hydrogen-bond donors (Lipinski definition) is 2. The normalized spacial score (nSPS) is 25.9. The van der Waals surface area contributed by atoms with Crippen LogP contribution >= 0.6 is 15.9 Å². The molecule has 3 rings (SSSR count). The van der Waals surface area contributed by atoms with Crippen molar-refractivity contribution in [2.24, 2.45) is 17.6 Å². The Morgan fingerprint density at radius 2 is 2.20 bits per heavy atom. The van der Waals surface area contributed by atoms with E-state index < -0.39 is 0 Å². The summed E-state index contributed by atoms with van der Waals surface area (Å²) < 4.78 is 2.16. The van der Waals surface area contributed by atoms with Gasteiger partial charge in [0, 0.05) is 12.6 Å². The minimum Gasteiger partial charge on any atom is -0.380 e. The number of hydrogen-bond acceptors (Lipinski definition) is 4. The first-order valence-electron chi connectivity index (χ1n) is 7.41. The topological polar surface area (TPSA) is 72.9 Å². The maximum atomic E-state index is 12.3. The van der Waals surface area contributed by atoms with Crippen LogP contribution in [-0.4, -0.2) is 22.4 Å². The Morgan fingerprint density at radius 3 is 2.90 bits per heavy atom. The summed E-state index contributed by atoms with van der Waals surface area (Å²) in [5.74, 6) is 1.14. The summed E-state index contributed by atoms with van der Waals surface area (Å²) in [6, 6.07) is 0.358. The van der Waals surface area contributed by atoms with Crippen LogP contribution in [0.25, 0.3) is 0 Å². The molecule has 0 amide bonds. The molecule has 5 nitrogen and oxygen atoms in total. The molecule has 2 saturated carbocycles.